The highest BCUT2D eigenvalue weighted by Gasteiger charge is 2.37. The summed E-state index contributed by atoms with van der Waals surface area (Å²) in [7, 11) is 0. The zero-order chi connectivity index (χ0) is 8.32. The molecule has 0 aromatic rings. The molecule has 1 aliphatic rings. The minimum Gasteiger partial charge on any atom is -0.380 e. The maximum Gasteiger partial charge on any atom is 0.0545 e. The van der Waals surface area contributed by atoms with Crippen molar-refractivity contribution in [2.24, 2.45) is 17.1 Å². The van der Waals surface area contributed by atoms with Gasteiger partial charge >= 0.3 is 0 Å². The highest BCUT2D eigenvalue weighted by Crippen LogP contribution is 2.37. The number of hydrogen-bond donors (Lipinski definition) is 1. The Bertz CT molecular complexity index is 119. The zero-order valence-corrected chi connectivity index (χ0v) is 7.60. The van der Waals surface area contributed by atoms with Gasteiger partial charge in [-0.25, -0.2) is 0 Å². The lowest BCUT2D eigenvalue weighted by molar-refractivity contribution is -0.125. The zero-order valence-electron chi connectivity index (χ0n) is 7.60. The van der Waals surface area contributed by atoms with Crippen LogP contribution >= 0.6 is 0 Å². The van der Waals surface area contributed by atoms with Gasteiger partial charge in [-0.1, -0.05) is 13.8 Å². The monoisotopic (exact) mass is 157 g/mol. The first-order valence-electron chi connectivity index (χ1n) is 4.46. The van der Waals surface area contributed by atoms with Crippen molar-refractivity contribution in [3.8, 4) is 0 Å². The van der Waals surface area contributed by atoms with E-state index in [4.69, 9.17) is 10.5 Å². The molecule has 0 aliphatic carbocycles. The van der Waals surface area contributed by atoms with Gasteiger partial charge in [0.2, 0.25) is 0 Å². The first-order chi connectivity index (χ1) is 5.18. The van der Waals surface area contributed by atoms with Crippen molar-refractivity contribution >= 4 is 0 Å². The highest BCUT2D eigenvalue weighted by atomic mass is 16.5. The smallest absolute Gasteiger partial charge is 0.0545 e. The molecule has 1 aliphatic heterocycles. The molecule has 0 unspecified atom stereocenters. The molecular formula is C9H19NO. The molecule has 11 heavy (non-hydrogen) atoms. The summed E-state index contributed by atoms with van der Waals surface area (Å²) in [5, 5.41) is 0. The first kappa shape index (κ1) is 9.01. The molecule has 1 saturated heterocycles. The van der Waals surface area contributed by atoms with Crippen molar-refractivity contribution in [1.29, 1.82) is 0 Å². The number of hydrogen-bond acceptors (Lipinski definition) is 2. The topological polar surface area (TPSA) is 35.2 Å². The standard InChI is InChI=1S/C9H19NO/c1-8(2)5-9(3-4-10)6-11-7-9/h8H,3-7,10H2,1-2H3. The van der Waals surface area contributed by atoms with E-state index in [9.17, 15) is 0 Å². The van der Waals surface area contributed by atoms with E-state index in [2.05, 4.69) is 13.8 Å². The third-order valence-electron chi connectivity index (χ3n) is 2.33. The van der Waals surface area contributed by atoms with Gasteiger partial charge in [0, 0.05) is 5.41 Å². The molecule has 1 fully saturated rings. The number of ether oxygens (including phenoxy) is 1. The van der Waals surface area contributed by atoms with Gasteiger partial charge in [-0.15, -0.1) is 0 Å². The van der Waals surface area contributed by atoms with E-state index in [1.807, 2.05) is 0 Å². The Morgan fingerprint density at radius 1 is 1.45 bits per heavy atom. The maximum absolute atomic E-state index is 5.54. The minimum atomic E-state index is 0.447. The van der Waals surface area contributed by atoms with Gasteiger partial charge in [-0.2, -0.15) is 0 Å². The van der Waals surface area contributed by atoms with Gasteiger partial charge in [0.1, 0.15) is 0 Å². The lowest BCUT2D eigenvalue weighted by Crippen LogP contribution is -2.44. The summed E-state index contributed by atoms with van der Waals surface area (Å²) in [6, 6.07) is 0. The molecule has 0 aromatic carbocycles. The van der Waals surface area contributed by atoms with Crippen molar-refractivity contribution in [1.82, 2.24) is 0 Å². The molecule has 0 bridgehead atoms. The van der Waals surface area contributed by atoms with Crippen LogP contribution in [0.4, 0.5) is 0 Å². The molecule has 0 spiro atoms. The Hall–Kier alpha value is -0.0800. The first-order valence-corrected chi connectivity index (χ1v) is 4.46. The number of rotatable bonds is 4. The van der Waals surface area contributed by atoms with E-state index in [-0.39, 0.29) is 0 Å². The van der Waals surface area contributed by atoms with Crippen LogP contribution in [0.3, 0.4) is 0 Å². The Balaban J connectivity index is 2.33. The molecule has 0 atom stereocenters. The van der Waals surface area contributed by atoms with Gasteiger partial charge in [0.25, 0.3) is 0 Å². The molecular weight excluding hydrogens is 138 g/mol. The van der Waals surface area contributed by atoms with E-state index in [0.29, 0.717) is 5.41 Å². The summed E-state index contributed by atoms with van der Waals surface area (Å²) in [6.45, 7) is 7.19. The van der Waals surface area contributed by atoms with Crippen molar-refractivity contribution in [2.45, 2.75) is 26.7 Å². The SMILES string of the molecule is CC(C)CC1(CCN)COC1. The van der Waals surface area contributed by atoms with Crippen LogP contribution in [0.15, 0.2) is 0 Å². The largest absolute Gasteiger partial charge is 0.380 e. The van der Waals surface area contributed by atoms with E-state index in [0.717, 1.165) is 32.1 Å². The summed E-state index contributed by atoms with van der Waals surface area (Å²) >= 11 is 0. The molecule has 66 valence electrons. The van der Waals surface area contributed by atoms with Crippen LogP contribution in [0, 0.1) is 11.3 Å². The van der Waals surface area contributed by atoms with E-state index in [1.165, 1.54) is 6.42 Å². The molecule has 2 heteroatoms. The lowest BCUT2D eigenvalue weighted by atomic mass is 9.76. The van der Waals surface area contributed by atoms with Crippen LogP contribution in [-0.2, 0) is 4.74 Å². The highest BCUT2D eigenvalue weighted by molar-refractivity contribution is 4.86. The van der Waals surface area contributed by atoms with Crippen LogP contribution < -0.4 is 5.73 Å². The Morgan fingerprint density at radius 3 is 2.36 bits per heavy atom. The second-order valence-electron chi connectivity index (χ2n) is 4.13. The average Bonchev–Trinajstić information content (AvgIpc) is 1.82. The second kappa shape index (κ2) is 3.55. The molecule has 0 radical (unpaired) electrons. The van der Waals surface area contributed by atoms with Crippen LogP contribution in [-0.4, -0.2) is 19.8 Å². The van der Waals surface area contributed by atoms with Gasteiger partial charge < -0.3 is 10.5 Å². The molecule has 2 N–H and O–H groups in total. The Morgan fingerprint density at radius 2 is 2.09 bits per heavy atom. The van der Waals surface area contributed by atoms with Crippen molar-refractivity contribution < 1.29 is 4.74 Å². The third kappa shape index (κ3) is 2.17. The molecule has 0 amide bonds. The quantitative estimate of drug-likeness (QED) is 0.669. The summed E-state index contributed by atoms with van der Waals surface area (Å²) in [5.41, 5.74) is 5.99. The van der Waals surface area contributed by atoms with E-state index < -0.39 is 0 Å². The third-order valence-corrected chi connectivity index (χ3v) is 2.33. The van der Waals surface area contributed by atoms with Crippen LogP contribution in [0.25, 0.3) is 0 Å². The van der Waals surface area contributed by atoms with Gasteiger partial charge in [-0.3, -0.25) is 0 Å². The molecule has 1 rings (SSSR count). The summed E-state index contributed by atoms with van der Waals surface area (Å²) in [6.07, 6.45) is 2.40. The Kier molecular flexibility index (Phi) is 2.90. The van der Waals surface area contributed by atoms with Crippen LogP contribution in [0.5, 0.6) is 0 Å². The Labute approximate surface area is 69.1 Å². The van der Waals surface area contributed by atoms with Crippen LogP contribution in [0.2, 0.25) is 0 Å². The molecule has 0 aromatic heterocycles. The second-order valence-corrected chi connectivity index (χ2v) is 4.13. The average molecular weight is 157 g/mol. The summed E-state index contributed by atoms with van der Waals surface area (Å²) in [4.78, 5) is 0. The van der Waals surface area contributed by atoms with Crippen molar-refractivity contribution in [3.63, 3.8) is 0 Å². The van der Waals surface area contributed by atoms with Gasteiger partial charge in [0.15, 0.2) is 0 Å². The fraction of sp³-hybridized carbons (Fsp3) is 1.00. The molecule has 0 saturated carbocycles. The van der Waals surface area contributed by atoms with Gasteiger partial charge in [0.05, 0.1) is 13.2 Å². The minimum absolute atomic E-state index is 0.447. The predicted octanol–water partition coefficient (Wildman–Crippen LogP) is 1.40. The van der Waals surface area contributed by atoms with Crippen molar-refractivity contribution in [3.05, 3.63) is 0 Å². The van der Waals surface area contributed by atoms with Crippen LogP contribution in [0.1, 0.15) is 26.7 Å². The lowest BCUT2D eigenvalue weighted by Gasteiger charge is -2.42. The van der Waals surface area contributed by atoms with Gasteiger partial charge in [-0.05, 0) is 25.3 Å². The fourth-order valence-corrected chi connectivity index (χ4v) is 1.93. The molecule has 1 heterocycles. The predicted molar refractivity (Wildman–Crippen MR) is 46.4 cm³/mol. The van der Waals surface area contributed by atoms with E-state index >= 15 is 0 Å². The fourth-order valence-electron chi connectivity index (χ4n) is 1.93. The summed E-state index contributed by atoms with van der Waals surface area (Å²) in [5.74, 6) is 0.769. The molecule has 2 nitrogen and oxygen atoms in total. The number of nitrogens with two attached hydrogens (primary N) is 1. The van der Waals surface area contributed by atoms with Crippen molar-refractivity contribution in [2.75, 3.05) is 19.8 Å². The maximum atomic E-state index is 5.54. The summed E-state index contributed by atoms with van der Waals surface area (Å²) < 4.78 is 5.24. The van der Waals surface area contributed by atoms with E-state index in [1.54, 1.807) is 0 Å². The normalized spacial score (nSPS) is 21.8.